The number of hydrogen-bond donors (Lipinski definition) is 0. The van der Waals surface area contributed by atoms with E-state index in [2.05, 4.69) is 41.1 Å². The van der Waals surface area contributed by atoms with Gasteiger partial charge in [0.05, 0.1) is 42.9 Å². The van der Waals surface area contributed by atoms with Gasteiger partial charge >= 0.3 is 0 Å². The molecule has 2 aliphatic heterocycles. The Morgan fingerprint density at radius 2 is 2.04 bits per heavy atom. The van der Waals surface area contributed by atoms with Crippen LogP contribution >= 0.6 is 11.6 Å². The van der Waals surface area contributed by atoms with Gasteiger partial charge < -0.3 is 4.74 Å². The lowest BCUT2D eigenvalue weighted by Gasteiger charge is -2.51. The molecule has 1 aromatic carbocycles. The van der Waals surface area contributed by atoms with Gasteiger partial charge in [-0.3, -0.25) is 9.58 Å². The molecule has 148 valence electrons. The zero-order valence-electron chi connectivity index (χ0n) is 16.6. The number of aryl methyl sites for hydroxylation is 1. The SMILES string of the molecule is C[C@H]1CN(C2(C)COC2)CC[C@H]1c1cc2c(cnn2-c2cnn(C)c2)cc1Cl. The molecule has 2 aliphatic rings. The Hall–Kier alpha value is -1.89. The molecule has 0 aliphatic carbocycles. The highest BCUT2D eigenvalue weighted by atomic mass is 35.5. The van der Waals surface area contributed by atoms with Crippen LogP contribution in [0.25, 0.3) is 16.6 Å². The van der Waals surface area contributed by atoms with Gasteiger partial charge in [-0.1, -0.05) is 18.5 Å². The van der Waals surface area contributed by atoms with E-state index >= 15 is 0 Å². The molecular formula is C21H26ClN5O. The van der Waals surface area contributed by atoms with Crippen LogP contribution in [-0.4, -0.2) is 56.3 Å². The van der Waals surface area contributed by atoms with Gasteiger partial charge in [0.1, 0.15) is 5.69 Å². The lowest BCUT2D eigenvalue weighted by molar-refractivity contribution is -0.141. The summed E-state index contributed by atoms with van der Waals surface area (Å²) < 4.78 is 9.22. The molecule has 0 spiro atoms. The molecule has 2 saturated heterocycles. The lowest BCUT2D eigenvalue weighted by atomic mass is 9.79. The molecule has 2 fully saturated rings. The first kappa shape index (κ1) is 18.2. The minimum atomic E-state index is 0.214. The van der Waals surface area contributed by atoms with Gasteiger partial charge in [0.2, 0.25) is 0 Å². The predicted octanol–water partition coefficient (Wildman–Crippen LogP) is 3.63. The maximum Gasteiger partial charge on any atom is 0.103 e. The van der Waals surface area contributed by atoms with Crippen LogP contribution in [0.3, 0.4) is 0 Å². The molecule has 28 heavy (non-hydrogen) atoms. The summed E-state index contributed by atoms with van der Waals surface area (Å²) in [5, 5.41) is 10.8. The van der Waals surface area contributed by atoms with Crippen LogP contribution in [-0.2, 0) is 11.8 Å². The second-order valence-corrected chi connectivity index (χ2v) is 9.08. The molecule has 0 unspecified atom stereocenters. The standard InChI is InChI=1S/C21H26ClN5O/c1-14-10-26(21(2)12-28-13-21)5-4-17(14)18-7-20-15(6-19(18)22)8-24-27(20)16-9-23-25(3)11-16/h6-9,11,14,17H,4-5,10,12-13H2,1-3H3/t14-,17+/m0/s1. The summed E-state index contributed by atoms with van der Waals surface area (Å²) in [4.78, 5) is 2.60. The quantitative estimate of drug-likeness (QED) is 0.674. The molecule has 5 rings (SSSR count). The smallest absolute Gasteiger partial charge is 0.103 e. The van der Waals surface area contributed by atoms with Crippen LogP contribution < -0.4 is 0 Å². The fourth-order valence-electron chi connectivity index (χ4n) is 4.75. The molecule has 6 nitrogen and oxygen atoms in total. The van der Waals surface area contributed by atoms with Gasteiger partial charge in [0.15, 0.2) is 0 Å². The first-order valence-electron chi connectivity index (χ1n) is 9.94. The first-order chi connectivity index (χ1) is 13.4. The van der Waals surface area contributed by atoms with Gasteiger partial charge in [-0.2, -0.15) is 10.2 Å². The van der Waals surface area contributed by atoms with E-state index in [1.165, 1.54) is 5.56 Å². The number of piperidine rings is 1. The first-order valence-corrected chi connectivity index (χ1v) is 10.3. The van der Waals surface area contributed by atoms with Crippen molar-refractivity contribution in [2.24, 2.45) is 13.0 Å². The van der Waals surface area contributed by atoms with E-state index in [9.17, 15) is 0 Å². The van der Waals surface area contributed by atoms with Gasteiger partial charge in [-0.15, -0.1) is 0 Å². The molecule has 0 radical (unpaired) electrons. The van der Waals surface area contributed by atoms with Crippen molar-refractivity contribution in [3.63, 3.8) is 0 Å². The summed E-state index contributed by atoms with van der Waals surface area (Å²) in [7, 11) is 1.92. The maximum atomic E-state index is 6.74. The van der Waals surface area contributed by atoms with E-state index in [4.69, 9.17) is 16.3 Å². The third-order valence-corrected chi connectivity index (χ3v) is 6.84. The molecule has 0 saturated carbocycles. The van der Waals surface area contributed by atoms with Crippen molar-refractivity contribution in [2.45, 2.75) is 31.7 Å². The Morgan fingerprint density at radius 1 is 1.21 bits per heavy atom. The van der Waals surface area contributed by atoms with Crippen molar-refractivity contribution in [3.8, 4) is 5.69 Å². The summed E-state index contributed by atoms with van der Waals surface area (Å²) in [5.41, 5.74) is 3.50. The second-order valence-electron chi connectivity index (χ2n) is 8.67. The zero-order chi connectivity index (χ0) is 19.5. The Labute approximate surface area is 170 Å². The fraction of sp³-hybridized carbons (Fsp3) is 0.524. The number of fused-ring (bicyclic) bond motifs is 1. The van der Waals surface area contributed by atoms with Crippen LogP contribution in [0.15, 0.2) is 30.7 Å². The predicted molar refractivity (Wildman–Crippen MR) is 110 cm³/mol. The van der Waals surface area contributed by atoms with Crippen molar-refractivity contribution < 1.29 is 4.74 Å². The van der Waals surface area contributed by atoms with Gasteiger partial charge in [0.25, 0.3) is 0 Å². The summed E-state index contributed by atoms with van der Waals surface area (Å²) >= 11 is 6.74. The topological polar surface area (TPSA) is 48.1 Å². The number of benzene rings is 1. The largest absolute Gasteiger partial charge is 0.377 e. The number of hydrogen-bond acceptors (Lipinski definition) is 4. The van der Waals surface area contributed by atoms with Crippen LogP contribution in [0, 0.1) is 5.92 Å². The summed E-state index contributed by atoms with van der Waals surface area (Å²) in [6.45, 7) is 8.53. The van der Waals surface area contributed by atoms with Gasteiger partial charge in [0, 0.05) is 24.0 Å². The van der Waals surface area contributed by atoms with E-state index in [-0.39, 0.29) is 5.54 Å². The molecule has 0 N–H and O–H groups in total. The molecule has 7 heteroatoms. The van der Waals surface area contributed by atoms with Crippen LogP contribution in [0.2, 0.25) is 5.02 Å². The Morgan fingerprint density at radius 3 is 2.68 bits per heavy atom. The van der Waals surface area contributed by atoms with Crippen molar-refractivity contribution in [2.75, 3.05) is 26.3 Å². The average molecular weight is 400 g/mol. The second kappa shape index (κ2) is 6.58. The molecular weight excluding hydrogens is 374 g/mol. The highest BCUT2D eigenvalue weighted by Gasteiger charge is 2.43. The van der Waals surface area contributed by atoms with Crippen molar-refractivity contribution in [3.05, 3.63) is 41.3 Å². The van der Waals surface area contributed by atoms with E-state index in [1.54, 1.807) is 4.68 Å². The Bertz CT molecular complexity index is 1020. The highest BCUT2D eigenvalue weighted by Crippen LogP contribution is 2.41. The minimum Gasteiger partial charge on any atom is -0.377 e. The molecule has 3 aromatic rings. The van der Waals surface area contributed by atoms with Gasteiger partial charge in [-0.25, -0.2) is 4.68 Å². The summed E-state index contributed by atoms with van der Waals surface area (Å²) in [5.74, 6) is 0.992. The van der Waals surface area contributed by atoms with E-state index < -0.39 is 0 Å². The van der Waals surface area contributed by atoms with E-state index in [0.717, 1.165) is 54.3 Å². The van der Waals surface area contributed by atoms with E-state index in [0.29, 0.717) is 11.8 Å². The van der Waals surface area contributed by atoms with Gasteiger partial charge in [-0.05, 0) is 49.4 Å². The number of likely N-dealkylation sites (tertiary alicyclic amines) is 1. The highest BCUT2D eigenvalue weighted by molar-refractivity contribution is 6.32. The van der Waals surface area contributed by atoms with Crippen LogP contribution in [0.5, 0.6) is 0 Å². The third kappa shape index (κ3) is 2.86. The summed E-state index contributed by atoms with van der Waals surface area (Å²) in [6.07, 6.45) is 6.80. The average Bonchev–Trinajstić information content (AvgIpc) is 3.24. The number of aromatic nitrogens is 4. The van der Waals surface area contributed by atoms with E-state index in [1.807, 2.05) is 30.3 Å². The number of rotatable bonds is 3. The molecule has 2 aromatic heterocycles. The summed E-state index contributed by atoms with van der Waals surface area (Å²) in [6, 6.07) is 4.30. The number of ether oxygens (including phenoxy) is 1. The Kier molecular flexibility index (Phi) is 4.27. The Balaban J connectivity index is 1.48. The maximum absolute atomic E-state index is 6.74. The monoisotopic (exact) mass is 399 g/mol. The van der Waals surface area contributed by atoms with Crippen molar-refractivity contribution in [1.29, 1.82) is 0 Å². The third-order valence-electron chi connectivity index (χ3n) is 6.52. The normalized spacial score (nSPS) is 25.1. The number of halogens is 1. The minimum absolute atomic E-state index is 0.214. The lowest BCUT2D eigenvalue weighted by Crippen LogP contribution is -2.62. The molecule has 0 amide bonds. The van der Waals surface area contributed by atoms with Crippen molar-refractivity contribution in [1.82, 2.24) is 24.5 Å². The van der Waals surface area contributed by atoms with Crippen molar-refractivity contribution >= 4 is 22.5 Å². The molecule has 4 heterocycles. The number of nitrogens with zero attached hydrogens (tertiary/aromatic N) is 5. The van der Waals surface area contributed by atoms with Crippen LogP contribution in [0.4, 0.5) is 0 Å². The fourth-order valence-corrected chi connectivity index (χ4v) is 5.06. The van der Waals surface area contributed by atoms with Crippen LogP contribution in [0.1, 0.15) is 31.7 Å². The zero-order valence-corrected chi connectivity index (χ0v) is 17.4. The molecule has 0 bridgehead atoms. The molecule has 2 atom stereocenters.